The number of benzene rings is 1. The van der Waals surface area contributed by atoms with Crippen LogP contribution < -0.4 is 0 Å². The molecule has 21 heavy (non-hydrogen) atoms. The van der Waals surface area contributed by atoms with Crippen molar-refractivity contribution in [2.45, 2.75) is 25.7 Å². The van der Waals surface area contributed by atoms with Crippen molar-refractivity contribution in [1.82, 2.24) is 5.01 Å². The predicted molar refractivity (Wildman–Crippen MR) is 89.7 cm³/mol. The maximum absolute atomic E-state index is 5.57. The van der Waals surface area contributed by atoms with Gasteiger partial charge in [0.05, 0.1) is 0 Å². The highest BCUT2D eigenvalue weighted by atomic mass is 79.9. The van der Waals surface area contributed by atoms with E-state index in [1.54, 1.807) is 0 Å². The van der Waals surface area contributed by atoms with Gasteiger partial charge >= 0.3 is 0 Å². The van der Waals surface area contributed by atoms with Crippen molar-refractivity contribution in [3.8, 4) is 0 Å². The standard InChI is InChI=1S/C17H23BrN2O/c1-12-15(11-20(2)19-12)17(13-7-9-21-10-8-13)14-5-3-4-6-16(14)18/h3-6,13,15,17H,7-11H2,1-2H3. The summed E-state index contributed by atoms with van der Waals surface area (Å²) in [6.45, 7) is 4.99. The highest BCUT2D eigenvalue weighted by Gasteiger charge is 2.37. The van der Waals surface area contributed by atoms with Crippen molar-refractivity contribution < 1.29 is 4.74 Å². The number of halogens is 1. The molecule has 0 radical (unpaired) electrons. The Hall–Kier alpha value is -0.870. The van der Waals surface area contributed by atoms with Gasteiger partial charge in [0, 0.05) is 42.9 Å². The third kappa shape index (κ3) is 3.16. The van der Waals surface area contributed by atoms with Gasteiger partial charge in [0.1, 0.15) is 0 Å². The maximum atomic E-state index is 5.57. The largest absolute Gasteiger partial charge is 0.381 e. The van der Waals surface area contributed by atoms with Crippen LogP contribution in [0.15, 0.2) is 33.8 Å². The maximum Gasteiger partial charge on any atom is 0.0468 e. The lowest BCUT2D eigenvalue weighted by Crippen LogP contribution is -2.32. The number of hydrogen-bond acceptors (Lipinski definition) is 3. The van der Waals surface area contributed by atoms with Gasteiger partial charge in [-0.3, -0.25) is 5.01 Å². The molecule has 4 heteroatoms. The van der Waals surface area contributed by atoms with E-state index in [9.17, 15) is 0 Å². The first-order chi connectivity index (χ1) is 10.2. The molecule has 1 fully saturated rings. The van der Waals surface area contributed by atoms with Gasteiger partial charge in [-0.05, 0) is 43.2 Å². The summed E-state index contributed by atoms with van der Waals surface area (Å²) in [5.41, 5.74) is 2.70. The second-order valence-corrected chi connectivity index (χ2v) is 7.04. The van der Waals surface area contributed by atoms with Crippen LogP contribution in [0.4, 0.5) is 0 Å². The van der Waals surface area contributed by atoms with E-state index >= 15 is 0 Å². The molecular weight excluding hydrogens is 328 g/mol. The molecule has 0 aromatic heterocycles. The summed E-state index contributed by atoms with van der Waals surface area (Å²) in [4.78, 5) is 0. The molecule has 2 unspecified atom stereocenters. The molecule has 0 amide bonds. The van der Waals surface area contributed by atoms with Crippen LogP contribution in [0.5, 0.6) is 0 Å². The van der Waals surface area contributed by atoms with Crippen LogP contribution in [0.25, 0.3) is 0 Å². The fourth-order valence-electron chi connectivity index (χ4n) is 3.79. The Morgan fingerprint density at radius 1 is 1.29 bits per heavy atom. The lowest BCUT2D eigenvalue weighted by Gasteiger charge is -2.35. The molecule has 1 aromatic rings. The molecule has 0 spiro atoms. The van der Waals surface area contributed by atoms with E-state index in [4.69, 9.17) is 4.74 Å². The van der Waals surface area contributed by atoms with Crippen LogP contribution in [-0.2, 0) is 4.74 Å². The zero-order valence-electron chi connectivity index (χ0n) is 12.8. The Bertz CT molecular complexity index is 525. The Labute approximate surface area is 135 Å². The van der Waals surface area contributed by atoms with E-state index in [1.807, 2.05) is 0 Å². The zero-order chi connectivity index (χ0) is 14.8. The van der Waals surface area contributed by atoms with Gasteiger partial charge in [0.2, 0.25) is 0 Å². The Kier molecular flexibility index (Phi) is 4.65. The molecular formula is C17H23BrN2O. The number of ether oxygens (including phenoxy) is 1. The molecule has 3 nitrogen and oxygen atoms in total. The minimum Gasteiger partial charge on any atom is -0.381 e. The molecule has 2 aliphatic rings. The van der Waals surface area contributed by atoms with Gasteiger partial charge in [0.25, 0.3) is 0 Å². The summed E-state index contributed by atoms with van der Waals surface area (Å²) in [6, 6.07) is 8.68. The number of hydrogen-bond donors (Lipinski definition) is 0. The van der Waals surface area contributed by atoms with E-state index in [2.05, 4.69) is 64.3 Å². The predicted octanol–water partition coefficient (Wildman–Crippen LogP) is 3.90. The lowest BCUT2D eigenvalue weighted by atomic mass is 9.72. The topological polar surface area (TPSA) is 24.8 Å². The third-order valence-corrected chi connectivity index (χ3v) is 5.52. The molecule has 0 saturated carbocycles. The van der Waals surface area contributed by atoms with Gasteiger partial charge in [-0.2, -0.15) is 5.10 Å². The Morgan fingerprint density at radius 3 is 2.62 bits per heavy atom. The number of nitrogens with zero attached hydrogens (tertiary/aromatic N) is 2. The normalized spacial score (nSPS) is 25.0. The summed E-state index contributed by atoms with van der Waals surface area (Å²) in [5, 5.41) is 6.73. The van der Waals surface area contributed by atoms with E-state index in [-0.39, 0.29) is 0 Å². The van der Waals surface area contributed by atoms with Crippen LogP contribution in [0, 0.1) is 11.8 Å². The van der Waals surface area contributed by atoms with Crippen molar-refractivity contribution in [2.75, 3.05) is 26.8 Å². The minimum atomic E-state index is 0.511. The highest BCUT2D eigenvalue weighted by molar-refractivity contribution is 9.10. The van der Waals surface area contributed by atoms with Crippen LogP contribution in [0.3, 0.4) is 0 Å². The molecule has 2 atom stereocenters. The van der Waals surface area contributed by atoms with Crippen molar-refractivity contribution in [3.05, 3.63) is 34.3 Å². The SMILES string of the molecule is CC1=NN(C)CC1C(c1ccccc1Br)C1CCOCC1. The smallest absolute Gasteiger partial charge is 0.0468 e. The van der Waals surface area contributed by atoms with Gasteiger partial charge in [-0.1, -0.05) is 34.1 Å². The van der Waals surface area contributed by atoms with Gasteiger partial charge in [-0.15, -0.1) is 0 Å². The molecule has 0 bridgehead atoms. The molecule has 1 aromatic carbocycles. The molecule has 0 aliphatic carbocycles. The monoisotopic (exact) mass is 350 g/mol. The van der Waals surface area contributed by atoms with Crippen LogP contribution in [-0.4, -0.2) is 37.5 Å². The molecule has 2 heterocycles. The van der Waals surface area contributed by atoms with Gasteiger partial charge in [0.15, 0.2) is 0 Å². The summed E-state index contributed by atoms with van der Waals surface area (Å²) >= 11 is 3.76. The molecule has 114 valence electrons. The van der Waals surface area contributed by atoms with E-state index < -0.39 is 0 Å². The van der Waals surface area contributed by atoms with Crippen LogP contribution in [0.1, 0.15) is 31.2 Å². The molecule has 0 N–H and O–H groups in total. The van der Waals surface area contributed by atoms with E-state index in [0.29, 0.717) is 17.8 Å². The number of hydrazone groups is 1. The molecule has 1 saturated heterocycles. The first-order valence-electron chi connectivity index (χ1n) is 7.75. The Balaban J connectivity index is 1.95. The summed E-state index contributed by atoms with van der Waals surface area (Å²) in [5.74, 6) is 1.72. The van der Waals surface area contributed by atoms with Gasteiger partial charge in [-0.25, -0.2) is 0 Å². The van der Waals surface area contributed by atoms with Crippen LogP contribution >= 0.6 is 15.9 Å². The summed E-state index contributed by atoms with van der Waals surface area (Å²) < 4.78 is 6.80. The number of rotatable bonds is 3. The first-order valence-corrected chi connectivity index (χ1v) is 8.54. The summed E-state index contributed by atoms with van der Waals surface area (Å²) in [6.07, 6.45) is 2.30. The second kappa shape index (κ2) is 6.49. The first kappa shape index (κ1) is 15.0. The average Bonchev–Trinajstić information content (AvgIpc) is 2.81. The molecule has 3 rings (SSSR count). The fraction of sp³-hybridized carbons (Fsp3) is 0.588. The lowest BCUT2D eigenvalue weighted by molar-refractivity contribution is 0.0530. The zero-order valence-corrected chi connectivity index (χ0v) is 14.3. The van der Waals surface area contributed by atoms with E-state index in [0.717, 1.165) is 32.6 Å². The minimum absolute atomic E-state index is 0.511. The quantitative estimate of drug-likeness (QED) is 0.825. The second-order valence-electron chi connectivity index (χ2n) is 6.19. The van der Waals surface area contributed by atoms with Crippen molar-refractivity contribution in [1.29, 1.82) is 0 Å². The van der Waals surface area contributed by atoms with Crippen LogP contribution in [0.2, 0.25) is 0 Å². The summed E-state index contributed by atoms with van der Waals surface area (Å²) in [7, 11) is 2.07. The fourth-order valence-corrected chi connectivity index (χ4v) is 4.34. The van der Waals surface area contributed by atoms with Crippen molar-refractivity contribution in [2.24, 2.45) is 16.9 Å². The van der Waals surface area contributed by atoms with Gasteiger partial charge < -0.3 is 4.74 Å². The van der Waals surface area contributed by atoms with Crippen molar-refractivity contribution in [3.63, 3.8) is 0 Å². The van der Waals surface area contributed by atoms with E-state index in [1.165, 1.54) is 15.7 Å². The highest BCUT2D eigenvalue weighted by Crippen LogP contribution is 2.42. The van der Waals surface area contributed by atoms with Crippen molar-refractivity contribution >= 4 is 21.6 Å². The average molecular weight is 351 g/mol. The molecule has 2 aliphatic heterocycles. The third-order valence-electron chi connectivity index (χ3n) is 4.80. The Morgan fingerprint density at radius 2 is 2.00 bits per heavy atom.